The Morgan fingerprint density at radius 3 is 2.68 bits per heavy atom. The third-order valence-corrected chi connectivity index (χ3v) is 10.9. The first-order valence-electron chi connectivity index (χ1n) is 18.2. The predicted octanol–water partition coefficient (Wildman–Crippen LogP) is 9.01. The second-order valence-corrected chi connectivity index (χ2v) is 14.9. The molecule has 4 aromatic carbocycles. The van der Waals surface area contributed by atoms with Gasteiger partial charge in [-0.25, -0.2) is 9.37 Å². The van der Waals surface area contributed by atoms with Crippen molar-refractivity contribution >= 4 is 50.7 Å². The predicted molar refractivity (Wildman–Crippen MR) is 202 cm³/mol. The lowest BCUT2D eigenvalue weighted by molar-refractivity contribution is -0.136. The van der Waals surface area contributed by atoms with Gasteiger partial charge in [0.05, 0.1) is 41.4 Å². The minimum atomic E-state index is -4.66. The number of benzene rings is 4. The minimum absolute atomic E-state index is 0.00862. The molecule has 6 aromatic rings. The number of alkyl halides is 3. The van der Waals surface area contributed by atoms with E-state index in [0.717, 1.165) is 41.5 Å². The molecule has 1 saturated heterocycles. The van der Waals surface area contributed by atoms with Gasteiger partial charge in [-0.2, -0.15) is 18.3 Å². The maximum absolute atomic E-state index is 14.9. The Bertz CT molecular complexity index is 2580. The number of halogens is 5. The number of H-pyrrole nitrogens is 1. The van der Waals surface area contributed by atoms with Crippen molar-refractivity contribution in [1.82, 2.24) is 24.6 Å². The van der Waals surface area contributed by atoms with Crippen LogP contribution < -0.4 is 14.8 Å². The molecule has 0 radical (unpaired) electrons. The molecule has 0 spiro atoms. The van der Waals surface area contributed by atoms with Crippen molar-refractivity contribution in [2.75, 3.05) is 25.0 Å². The molecule has 15 heteroatoms. The number of aryl methyl sites for hydroxylation is 1. The van der Waals surface area contributed by atoms with Gasteiger partial charge in [-0.05, 0) is 79.9 Å². The van der Waals surface area contributed by atoms with Gasteiger partial charge in [0.1, 0.15) is 17.2 Å². The number of imidazole rings is 1. The zero-order chi connectivity index (χ0) is 38.9. The number of ether oxygens (including phenoxy) is 3. The van der Waals surface area contributed by atoms with Gasteiger partial charge in [0, 0.05) is 59.5 Å². The summed E-state index contributed by atoms with van der Waals surface area (Å²) in [4.78, 5) is 20.7. The van der Waals surface area contributed by atoms with Crippen LogP contribution in [0.3, 0.4) is 0 Å². The number of nitrogens with one attached hydrogen (secondary N) is 2. The van der Waals surface area contributed by atoms with Crippen LogP contribution in [0.4, 0.5) is 23.2 Å². The summed E-state index contributed by atoms with van der Waals surface area (Å²) in [6, 6.07) is 17.6. The molecular weight excluding hydrogens is 752 g/mol. The molecule has 3 aliphatic rings. The van der Waals surface area contributed by atoms with Crippen LogP contribution in [0.25, 0.3) is 27.5 Å². The Balaban J connectivity index is 0.947. The van der Waals surface area contributed by atoms with Crippen molar-refractivity contribution in [2.45, 2.75) is 57.8 Å². The first-order chi connectivity index (χ1) is 26.8. The third kappa shape index (κ3) is 6.54. The number of hydrogen-bond acceptors (Lipinski definition) is 7. The van der Waals surface area contributed by atoms with Crippen molar-refractivity contribution in [3.63, 3.8) is 0 Å². The summed E-state index contributed by atoms with van der Waals surface area (Å²) in [7, 11) is 0. The van der Waals surface area contributed by atoms with Crippen LogP contribution in [0, 0.1) is 12.7 Å². The van der Waals surface area contributed by atoms with Crippen molar-refractivity contribution < 1.29 is 36.6 Å². The molecule has 9 rings (SSSR count). The molecule has 2 aromatic heterocycles. The minimum Gasteiger partial charge on any atom is -0.444 e. The summed E-state index contributed by atoms with van der Waals surface area (Å²) < 4.78 is 77.0. The van der Waals surface area contributed by atoms with Gasteiger partial charge in [0.2, 0.25) is 0 Å². The van der Waals surface area contributed by atoms with Gasteiger partial charge in [0.15, 0.2) is 11.5 Å². The summed E-state index contributed by atoms with van der Waals surface area (Å²) in [5.41, 5.74) is 3.22. The van der Waals surface area contributed by atoms with Gasteiger partial charge in [0.25, 0.3) is 11.7 Å². The molecule has 0 bridgehead atoms. The van der Waals surface area contributed by atoms with Gasteiger partial charge in [-0.3, -0.25) is 14.8 Å². The van der Waals surface area contributed by atoms with Gasteiger partial charge in [-0.15, -0.1) is 0 Å². The normalized spacial score (nSPS) is 19.7. The number of hydrogen-bond donors (Lipinski definition) is 2. The van der Waals surface area contributed by atoms with E-state index in [-0.39, 0.29) is 38.8 Å². The standard InChI is InChI=1S/C41H35ClF4N6O4/c1-22-29-18-26(19-31(41(44,45)46)37(29)50-49-22)47-39(53)24-6-9-34-33(16-24)48-36(52(34)20-27-12-15-54-27)21-51-13-10-23(11-14-51)28-4-3-5-35-38(28)56-40(2,55-35)30-8-7-25(42)17-32(30)43/h3-10,16-19,27H,11-15,20-21H2,1-2H3,(H,47,53)(H,49,50). The first kappa shape index (κ1) is 36.2. The van der Waals surface area contributed by atoms with Crippen molar-refractivity contribution in [2.24, 2.45) is 0 Å². The highest BCUT2D eigenvalue weighted by Crippen LogP contribution is 2.49. The average molecular weight is 787 g/mol. The van der Waals surface area contributed by atoms with Crippen LogP contribution in [0.5, 0.6) is 11.5 Å². The fourth-order valence-electron chi connectivity index (χ4n) is 7.66. The molecule has 2 atom stereocenters. The Labute approximate surface area is 323 Å². The molecule has 56 heavy (non-hydrogen) atoms. The van der Waals surface area contributed by atoms with E-state index in [0.29, 0.717) is 55.4 Å². The monoisotopic (exact) mass is 786 g/mol. The Hall–Kier alpha value is -5.44. The summed E-state index contributed by atoms with van der Waals surface area (Å²) >= 11 is 5.99. The van der Waals surface area contributed by atoms with Crippen molar-refractivity contribution in [1.29, 1.82) is 0 Å². The number of aromatic amines is 1. The lowest BCUT2D eigenvalue weighted by Crippen LogP contribution is -2.33. The number of para-hydroxylation sites is 1. The second-order valence-electron chi connectivity index (χ2n) is 14.5. The number of anilines is 1. The van der Waals surface area contributed by atoms with E-state index >= 15 is 0 Å². The Morgan fingerprint density at radius 2 is 1.95 bits per heavy atom. The highest BCUT2D eigenvalue weighted by molar-refractivity contribution is 6.30. The third-order valence-electron chi connectivity index (χ3n) is 10.7. The largest absolute Gasteiger partial charge is 0.444 e. The number of aromatic nitrogens is 4. The van der Waals surface area contributed by atoms with Crippen LogP contribution in [-0.2, 0) is 29.8 Å². The molecule has 2 N–H and O–H groups in total. The van der Waals surface area contributed by atoms with Gasteiger partial charge < -0.3 is 24.1 Å². The summed E-state index contributed by atoms with van der Waals surface area (Å²) in [5.74, 6) is -0.542. The molecule has 0 saturated carbocycles. The molecule has 0 aliphatic carbocycles. The topological polar surface area (TPSA) is 107 Å². The van der Waals surface area contributed by atoms with Gasteiger partial charge >= 0.3 is 6.18 Å². The maximum atomic E-state index is 14.9. The number of rotatable bonds is 8. The Kier molecular flexibility index (Phi) is 8.82. The summed E-state index contributed by atoms with van der Waals surface area (Å²) in [6.07, 6.45) is -0.834. The number of carbonyl (C=O) groups excluding carboxylic acids is 1. The van der Waals surface area contributed by atoms with E-state index in [2.05, 4.69) is 31.1 Å². The van der Waals surface area contributed by atoms with Gasteiger partial charge in [-0.1, -0.05) is 29.8 Å². The zero-order valence-electron chi connectivity index (χ0n) is 30.3. The van der Waals surface area contributed by atoms with E-state index < -0.39 is 29.3 Å². The maximum Gasteiger partial charge on any atom is 0.418 e. The molecular formula is C41H35ClF4N6O4. The van der Waals surface area contributed by atoms with Crippen LogP contribution >= 0.6 is 11.6 Å². The van der Waals surface area contributed by atoms with E-state index in [1.807, 2.05) is 24.3 Å². The van der Waals surface area contributed by atoms with Crippen LogP contribution in [-0.4, -0.2) is 56.4 Å². The Morgan fingerprint density at radius 1 is 1.11 bits per heavy atom. The number of fused-ring (bicyclic) bond motifs is 3. The fraction of sp³-hybridized carbons (Fsp3) is 0.293. The van der Waals surface area contributed by atoms with E-state index in [9.17, 15) is 22.4 Å². The smallest absolute Gasteiger partial charge is 0.418 e. The van der Waals surface area contributed by atoms with E-state index in [4.69, 9.17) is 30.8 Å². The van der Waals surface area contributed by atoms with Crippen LogP contribution in [0.15, 0.2) is 72.8 Å². The van der Waals surface area contributed by atoms with E-state index in [1.165, 1.54) is 12.1 Å². The molecule has 2 unspecified atom stereocenters. The highest BCUT2D eigenvalue weighted by Gasteiger charge is 2.42. The number of nitrogens with zero attached hydrogens (tertiary/aromatic N) is 4. The molecule has 3 aliphatic heterocycles. The molecule has 288 valence electrons. The quantitative estimate of drug-likeness (QED) is 0.148. The second kappa shape index (κ2) is 13.6. The SMILES string of the molecule is Cc1[nH]nc2c(C(F)(F)F)cc(NC(=O)c3ccc4c(c3)nc(CN3CC=C(c5cccc6c5OC(C)(c5ccc(Cl)cc5F)O6)CC3)n4CC3CCO3)cc12. The molecule has 1 fully saturated rings. The molecule has 1 amide bonds. The van der Waals surface area contributed by atoms with Crippen LogP contribution in [0.2, 0.25) is 5.02 Å². The lowest BCUT2D eigenvalue weighted by Gasteiger charge is -2.29. The molecule has 5 heterocycles. The summed E-state index contributed by atoms with van der Waals surface area (Å²) in [5, 5.41) is 9.62. The fourth-order valence-corrected chi connectivity index (χ4v) is 7.82. The average Bonchev–Trinajstić information content (AvgIpc) is 3.80. The van der Waals surface area contributed by atoms with Crippen LogP contribution in [0.1, 0.15) is 58.3 Å². The lowest BCUT2D eigenvalue weighted by atomic mass is 9.98. The van der Waals surface area contributed by atoms with E-state index in [1.54, 1.807) is 38.1 Å². The first-order valence-corrected chi connectivity index (χ1v) is 18.6. The van der Waals surface area contributed by atoms with Crippen molar-refractivity contribution in [3.8, 4) is 11.5 Å². The highest BCUT2D eigenvalue weighted by atomic mass is 35.5. The number of amides is 1. The number of carbonyl (C=O) groups is 1. The molecule has 10 nitrogen and oxygen atoms in total. The summed E-state index contributed by atoms with van der Waals surface area (Å²) in [6.45, 7) is 6.47. The van der Waals surface area contributed by atoms with Crippen molar-refractivity contribution in [3.05, 3.63) is 117 Å². The zero-order valence-corrected chi connectivity index (χ0v) is 31.0.